The normalized spacial score (nSPS) is 11.4. The molecule has 0 amide bonds. The van der Waals surface area contributed by atoms with Crippen molar-refractivity contribution in [2.24, 2.45) is 5.92 Å². The first kappa shape index (κ1) is 13.8. The lowest BCUT2D eigenvalue weighted by molar-refractivity contribution is 0.202. The zero-order valence-electron chi connectivity index (χ0n) is 11.9. The fraction of sp³-hybridized carbons (Fsp3) is 0.438. The molecule has 0 aliphatic heterocycles. The second-order valence-electron chi connectivity index (χ2n) is 5.36. The number of aromatic nitrogens is 1. The van der Waals surface area contributed by atoms with Gasteiger partial charge in [-0.2, -0.15) is 0 Å². The third-order valence-corrected chi connectivity index (χ3v) is 3.20. The lowest BCUT2D eigenvalue weighted by atomic mass is 10.0. The van der Waals surface area contributed by atoms with Gasteiger partial charge in [-0.25, -0.2) is 0 Å². The van der Waals surface area contributed by atoms with Gasteiger partial charge >= 0.3 is 0 Å². The van der Waals surface area contributed by atoms with Gasteiger partial charge in [-0.3, -0.25) is 4.98 Å². The number of nitrogens with two attached hydrogens (primary N) is 1. The van der Waals surface area contributed by atoms with Gasteiger partial charge in [0.25, 0.3) is 0 Å². The Hall–Kier alpha value is -1.61. The first-order valence-electron chi connectivity index (χ1n) is 6.77. The first-order valence-corrected chi connectivity index (χ1v) is 6.77. The number of anilines is 1. The molecular formula is C16H22N2O. The van der Waals surface area contributed by atoms with E-state index in [2.05, 4.69) is 19.9 Å². The minimum absolute atomic E-state index is 0.579. The molecule has 0 saturated heterocycles. The molecule has 0 spiro atoms. The molecule has 3 heteroatoms. The molecule has 0 radical (unpaired) electrons. The third kappa shape index (κ3) is 3.24. The molecule has 19 heavy (non-hydrogen) atoms. The van der Waals surface area contributed by atoms with Crippen molar-refractivity contribution in [1.29, 1.82) is 0 Å². The summed E-state index contributed by atoms with van der Waals surface area (Å²) >= 11 is 0. The van der Waals surface area contributed by atoms with E-state index in [0.29, 0.717) is 12.5 Å². The molecule has 0 aliphatic carbocycles. The van der Waals surface area contributed by atoms with Crippen molar-refractivity contribution in [1.82, 2.24) is 4.98 Å². The number of benzene rings is 1. The molecule has 0 aliphatic rings. The fourth-order valence-electron chi connectivity index (χ4n) is 2.33. The molecule has 2 aromatic rings. The first-order chi connectivity index (χ1) is 9.11. The van der Waals surface area contributed by atoms with E-state index in [1.54, 1.807) is 7.11 Å². The third-order valence-electron chi connectivity index (χ3n) is 3.20. The summed E-state index contributed by atoms with van der Waals surface area (Å²) in [5.41, 5.74) is 10.3. The van der Waals surface area contributed by atoms with Crippen LogP contribution in [0.2, 0.25) is 0 Å². The summed E-state index contributed by atoms with van der Waals surface area (Å²) in [7, 11) is 1.72. The Labute approximate surface area is 114 Å². The predicted molar refractivity (Wildman–Crippen MR) is 80.3 cm³/mol. The molecule has 0 saturated carbocycles. The van der Waals surface area contributed by atoms with Crippen LogP contribution in [0.15, 0.2) is 24.3 Å². The van der Waals surface area contributed by atoms with E-state index in [0.717, 1.165) is 35.1 Å². The van der Waals surface area contributed by atoms with E-state index in [1.165, 1.54) is 5.56 Å². The Morgan fingerprint density at radius 2 is 2.11 bits per heavy atom. The van der Waals surface area contributed by atoms with Crippen molar-refractivity contribution in [3.05, 3.63) is 35.5 Å². The van der Waals surface area contributed by atoms with Gasteiger partial charge in [0.15, 0.2) is 0 Å². The van der Waals surface area contributed by atoms with Crippen molar-refractivity contribution >= 4 is 16.6 Å². The number of rotatable bonds is 5. The van der Waals surface area contributed by atoms with Crippen LogP contribution in [0.5, 0.6) is 0 Å². The number of pyridine rings is 1. The summed E-state index contributed by atoms with van der Waals surface area (Å²) in [6.07, 6.45) is 1.82. The number of hydrogen-bond acceptors (Lipinski definition) is 3. The average Bonchev–Trinajstić information content (AvgIpc) is 2.36. The van der Waals surface area contributed by atoms with Gasteiger partial charge in [0, 0.05) is 23.9 Å². The van der Waals surface area contributed by atoms with Gasteiger partial charge in [0.1, 0.15) is 0 Å². The van der Waals surface area contributed by atoms with Gasteiger partial charge in [-0.1, -0.05) is 32.0 Å². The lowest BCUT2D eigenvalue weighted by Crippen LogP contribution is -2.03. The Bertz CT molecular complexity index is 564. The molecule has 1 aromatic heterocycles. The number of fused-ring (bicyclic) bond motifs is 1. The monoisotopic (exact) mass is 258 g/mol. The standard InChI is InChI=1S/C16H22N2O/c1-11(2)9-13-10-15(17)14-6-4-5-12(7-8-19-3)16(14)18-13/h4-6,10-11H,7-9H2,1-3H3,(H2,17,18). The molecular weight excluding hydrogens is 236 g/mol. The van der Waals surface area contributed by atoms with E-state index in [4.69, 9.17) is 15.5 Å². The van der Waals surface area contributed by atoms with Crippen molar-refractivity contribution < 1.29 is 4.74 Å². The van der Waals surface area contributed by atoms with Crippen LogP contribution in [0.3, 0.4) is 0 Å². The van der Waals surface area contributed by atoms with E-state index in [1.807, 2.05) is 18.2 Å². The molecule has 2 rings (SSSR count). The smallest absolute Gasteiger partial charge is 0.0758 e. The van der Waals surface area contributed by atoms with Crippen LogP contribution >= 0.6 is 0 Å². The number of hydrogen-bond donors (Lipinski definition) is 1. The second-order valence-corrected chi connectivity index (χ2v) is 5.36. The Balaban J connectivity index is 2.49. The van der Waals surface area contributed by atoms with Gasteiger partial charge < -0.3 is 10.5 Å². The van der Waals surface area contributed by atoms with Gasteiger partial charge in [-0.05, 0) is 30.4 Å². The highest BCUT2D eigenvalue weighted by Gasteiger charge is 2.08. The van der Waals surface area contributed by atoms with Gasteiger partial charge in [0.05, 0.1) is 12.1 Å². The Kier molecular flexibility index (Phi) is 4.38. The number of methoxy groups -OCH3 is 1. The van der Waals surface area contributed by atoms with Crippen molar-refractivity contribution in [2.45, 2.75) is 26.7 Å². The summed E-state index contributed by atoms with van der Waals surface area (Å²) in [5.74, 6) is 0.579. The van der Waals surface area contributed by atoms with E-state index >= 15 is 0 Å². The predicted octanol–water partition coefficient (Wildman–Crippen LogP) is 3.20. The maximum Gasteiger partial charge on any atom is 0.0758 e. The lowest BCUT2D eigenvalue weighted by Gasteiger charge is -2.11. The molecule has 0 fully saturated rings. The summed E-state index contributed by atoms with van der Waals surface area (Å²) < 4.78 is 5.16. The molecule has 0 bridgehead atoms. The van der Waals surface area contributed by atoms with E-state index in [9.17, 15) is 0 Å². The number of para-hydroxylation sites is 1. The van der Waals surface area contributed by atoms with E-state index < -0.39 is 0 Å². The highest BCUT2D eigenvalue weighted by molar-refractivity contribution is 5.92. The van der Waals surface area contributed by atoms with E-state index in [-0.39, 0.29) is 0 Å². The summed E-state index contributed by atoms with van der Waals surface area (Å²) in [6.45, 7) is 5.09. The largest absolute Gasteiger partial charge is 0.398 e. The number of ether oxygens (including phenoxy) is 1. The van der Waals surface area contributed by atoms with Crippen LogP contribution in [-0.2, 0) is 17.6 Å². The molecule has 1 heterocycles. The summed E-state index contributed by atoms with van der Waals surface area (Å²) in [6, 6.07) is 8.18. The zero-order chi connectivity index (χ0) is 13.8. The topological polar surface area (TPSA) is 48.1 Å². The quantitative estimate of drug-likeness (QED) is 0.896. The zero-order valence-corrected chi connectivity index (χ0v) is 11.9. The number of nitrogens with zero attached hydrogens (tertiary/aromatic N) is 1. The van der Waals surface area contributed by atoms with Crippen LogP contribution in [0.1, 0.15) is 25.1 Å². The summed E-state index contributed by atoms with van der Waals surface area (Å²) in [4.78, 5) is 4.79. The maximum absolute atomic E-state index is 6.16. The van der Waals surface area contributed by atoms with Crippen molar-refractivity contribution in [3.8, 4) is 0 Å². The number of nitrogen functional groups attached to an aromatic ring is 1. The van der Waals surface area contributed by atoms with Crippen LogP contribution in [0.4, 0.5) is 5.69 Å². The Morgan fingerprint density at radius 1 is 1.32 bits per heavy atom. The highest BCUT2D eigenvalue weighted by Crippen LogP contribution is 2.25. The SMILES string of the molecule is COCCc1cccc2c(N)cc(CC(C)C)nc12. The minimum Gasteiger partial charge on any atom is -0.398 e. The molecule has 102 valence electrons. The fourth-order valence-corrected chi connectivity index (χ4v) is 2.33. The van der Waals surface area contributed by atoms with Crippen molar-refractivity contribution in [2.75, 3.05) is 19.5 Å². The highest BCUT2D eigenvalue weighted by atomic mass is 16.5. The molecule has 0 unspecified atom stereocenters. The molecule has 3 nitrogen and oxygen atoms in total. The molecule has 0 atom stereocenters. The van der Waals surface area contributed by atoms with Crippen LogP contribution in [0, 0.1) is 5.92 Å². The van der Waals surface area contributed by atoms with Crippen LogP contribution < -0.4 is 5.73 Å². The minimum atomic E-state index is 0.579. The Morgan fingerprint density at radius 3 is 2.79 bits per heavy atom. The average molecular weight is 258 g/mol. The van der Waals surface area contributed by atoms with Crippen LogP contribution in [-0.4, -0.2) is 18.7 Å². The van der Waals surface area contributed by atoms with Gasteiger partial charge in [-0.15, -0.1) is 0 Å². The second kappa shape index (κ2) is 6.02. The van der Waals surface area contributed by atoms with Crippen LogP contribution in [0.25, 0.3) is 10.9 Å². The van der Waals surface area contributed by atoms with Gasteiger partial charge in [0.2, 0.25) is 0 Å². The molecule has 2 N–H and O–H groups in total. The summed E-state index contributed by atoms with van der Waals surface area (Å²) in [5, 5.41) is 1.04. The maximum atomic E-state index is 6.16. The molecule has 1 aromatic carbocycles. The van der Waals surface area contributed by atoms with Crippen molar-refractivity contribution in [3.63, 3.8) is 0 Å².